The van der Waals surface area contributed by atoms with Crippen LogP contribution in [0, 0.1) is 25.5 Å². The molecule has 376 valence electrons. The minimum atomic E-state index is -0.456. The second-order valence-corrected chi connectivity index (χ2v) is 18.2. The molecule has 2 aromatic carbocycles. The Morgan fingerprint density at radius 1 is 0.690 bits per heavy atom. The molecule has 4 aromatic heterocycles. The third-order valence-electron chi connectivity index (χ3n) is 13.1. The maximum atomic E-state index is 15.0. The molecule has 0 atom stereocenters. The average Bonchev–Trinajstić information content (AvgIpc) is 4.24. The molecule has 7 heterocycles. The molecular formula is C54H66ClF2N11O3. The quantitative estimate of drug-likeness (QED) is 0.106. The molecule has 17 heteroatoms. The number of carbonyl (C=O) groups is 1. The van der Waals surface area contributed by atoms with Crippen LogP contribution in [0.5, 0.6) is 0 Å². The Bertz CT molecular complexity index is 2870. The first-order chi connectivity index (χ1) is 33.8. The van der Waals surface area contributed by atoms with E-state index in [1.807, 2.05) is 64.6 Å². The average molecular weight is 991 g/mol. The van der Waals surface area contributed by atoms with E-state index in [4.69, 9.17) is 25.2 Å². The summed E-state index contributed by atoms with van der Waals surface area (Å²) < 4.78 is 43.3. The van der Waals surface area contributed by atoms with Gasteiger partial charge in [0.25, 0.3) is 0 Å². The molecule has 71 heavy (non-hydrogen) atoms. The fraction of sp³-hybridized carbons (Fsp3) is 0.389. The van der Waals surface area contributed by atoms with Crippen LogP contribution in [-0.2, 0) is 23.6 Å². The van der Waals surface area contributed by atoms with Crippen LogP contribution in [0.2, 0.25) is 0 Å². The second kappa shape index (κ2) is 24.0. The Kier molecular flexibility index (Phi) is 17.6. The van der Waals surface area contributed by atoms with Crippen molar-refractivity contribution in [2.45, 2.75) is 59.8 Å². The summed E-state index contributed by atoms with van der Waals surface area (Å²) in [5.74, 6) is 0.852. The van der Waals surface area contributed by atoms with E-state index in [1.165, 1.54) is 43.4 Å². The van der Waals surface area contributed by atoms with Gasteiger partial charge in [-0.15, -0.1) is 12.4 Å². The minimum Gasteiger partial charge on any atom is -0.396 e. The normalized spacial score (nSPS) is 15.5. The Morgan fingerprint density at radius 2 is 1.21 bits per heavy atom. The Hall–Kier alpha value is -6.62. The molecule has 2 saturated heterocycles. The maximum absolute atomic E-state index is 15.0. The smallest absolute Gasteiger partial charge is 0.322 e. The zero-order valence-corrected chi connectivity index (χ0v) is 42.5. The number of aromatic nitrogens is 6. The molecule has 10 rings (SSSR count). The summed E-state index contributed by atoms with van der Waals surface area (Å²) in [5, 5.41) is 11.3. The van der Waals surface area contributed by atoms with Gasteiger partial charge >= 0.3 is 6.03 Å². The lowest BCUT2D eigenvalue weighted by Gasteiger charge is -2.28. The number of pyridine rings is 2. The van der Waals surface area contributed by atoms with Crippen molar-refractivity contribution in [2.24, 2.45) is 14.1 Å². The highest BCUT2D eigenvalue weighted by Crippen LogP contribution is 2.36. The minimum absolute atomic E-state index is 0. The number of nitrogens with zero attached hydrogens (tertiary/aromatic N) is 9. The van der Waals surface area contributed by atoms with Gasteiger partial charge in [-0.25, -0.2) is 23.5 Å². The predicted molar refractivity (Wildman–Crippen MR) is 282 cm³/mol. The third-order valence-corrected chi connectivity index (χ3v) is 13.1. The van der Waals surface area contributed by atoms with Crippen LogP contribution >= 0.6 is 12.4 Å². The van der Waals surface area contributed by atoms with E-state index in [0.29, 0.717) is 39.5 Å². The van der Waals surface area contributed by atoms with Crippen LogP contribution in [0.25, 0.3) is 44.8 Å². The molecule has 0 saturated carbocycles. The van der Waals surface area contributed by atoms with E-state index < -0.39 is 11.6 Å². The van der Waals surface area contributed by atoms with Gasteiger partial charge in [-0.3, -0.25) is 9.36 Å². The largest absolute Gasteiger partial charge is 0.396 e. The zero-order chi connectivity index (χ0) is 49.3. The van der Waals surface area contributed by atoms with E-state index in [-0.39, 0.29) is 29.8 Å². The summed E-state index contributed by atoms with van der Waals surface area (Å²) >= 11 is 0. The number of amides is 2. The molecule has 0 spiro atoms. The first-order valence-electron chi connectivity index (χ1n) is 24.3. The molecule has 6 aromatic rings. The Labute approximate surface area is 422 Å². The summed E-state index contributed by atoms with van der Waals surface area (Å²) in [6.07, 6.45) is 18.2. The highest BCUT2D eigenvalue weighted by atomic mass is 35.5. The van der Waals surface area contributed by atoms with Crippen molar-refractivity contribution in [3.63, 3.8) is 0 Å². The molecule has 0 unspecified atom stereocenters. The van der Waals surface area contributed by atoms with Crippen LogP contribution < -0.4 is 20.9 Å². The van der Waals surface area contributed by atoms with Gasteiger partial charge in [0.05, 0.1) is 61.6 Å². The lowest BCUT2D eigenvalue weighted by Crippen LogP contribution is -2.36. The van der Waals surface area contributed by atoms with Gasteiger partial charge < -0.3 is 35.2 Å². The molecule has 14 nitrogen and oxygen atoms in total. The number of anilines is 4. The first kappa shape index (κ1) is 52.2. The third kappa shape index (κ3) is 13.0. The molecule has 3 N–H and O–H groups in total. The second-order valence-electron chi connectivity index (χ2n) is 18.2. The molecule has 2 fully saturated rings. The lowest BCUT2D eigenvalue weighted by atomic mass is 9.98. The SMILES string of the molecule is CCC1=CCCC1.CCC1=CCN(C(=O)Nc2cc(-c3cc(-c4cnn(C)c4)nc(N4CCOCC4)c3)c(C)cc2F)C1.Cc1cc(F)c(N)cc1-c1cc(-c2cnn(C)c2)nc(N2CCOCC2)c1.Cl. The van der Waals surface area contributed by atoms with Gasteiger partial charge in [0.15, 0.2) is 0 Å². The fourth-order valence-corrected chi connectivity index (χ4v) is 9.01. The monoisotopic (exact) mass is 990 g/mol. The van der Waals surface area contributed by atoms with Crippen molar-refractivity contribution < 1.29 is 23.0 Å². The highest BCUT2D eigenvalue weighted by Gasteiger charge is 2.23. The number of nitrogens with two attached hydrogens (primary N) is 1. The number of hydrogen-bond acceptors (Lipinski definition) is 10. The number of aryl methyl sites for hydroxylation is 4. The predicted octanol–water partition coefficient (Wildman–Crippen LogP) is 10.6. The highest BCUT2D eigenvalue weighted by molar-refractivity contribution is 5.91. The van der Waals surface area contributed by atoms with Crippen molar-refractivity contribution in [3.8, 4) is 44.8 Å². The van der Waals surface area contributed by atoms with Crippen molar-refractivity contribution in [1.29, 1.82) is 0 Å². The van der Waals surface area contributed by atoms with Crippen LogP contribution in [0.4, 0.5) is 36.6 Å². The van der Waals surface area contributed by atoms with E-state index in [2.05, 4.69) is 51.3 Å². The summed E-state index contributed by atoms with van der Waals surface area (Å²) in [5.41, 5.74) is 17.6. The van der Waals surface area contributed by atoms with E-state index in [9.17, 15) is 13.6 Å². The van der Waals surface area contributed by atoms with Gasteiger partial charge in [0, 0.05) is 76.9 Å². The summed E-state index contributed by atoms with van der Waals surface area (Å²) in [7, 11) is 3.75. The number of nitrogen functional groups attached to an aromatic ring is 1. The zero-order valence-electron chi connectivity index (χ0n) is 41.7. The topological polar surface area (TPSA) is 145 Å². The van der Waals surface area contributed by atoms with Gasteiger partial charge in [-0.2, -0.15) is 10.2 Å². The summed E-state index contributed by atoms with van der Waals surface area (Å²) in [6, 6.07) is 14.1. The van der Waals surface area contributed by atoms with Gasteiger partial charge in [-0.05, 0) is 128 Å². The number of halogens is 3. The number of hydrogen-bond donors (Lipinski definition) is 2. The molecule has 0 bridgehead atoms. The number of rotatable bonds is 9. The van der Waals surface area contributed by atoms with Crippen molar-refractivity contribution in [2.75, 3.05) is 86.5 Å². The Balaban J connectivity index is 0.000000186. The first-order valence-corrected chi connectivity index (χ1v) is 24.3. The van der Waals surface area contributed by atoms with Gasteiger partial charge in [0.1, 0.15) is 23.3 Å². The number of urea groups is 1. The number of carbonyl (C=O) groups excluding carboxylic acids is 1. The molecular weight excluding hydrogens is 924 g/mol. The van der Waals surface area contributed by atoms with Crippen LogP contribution in [0.1, 0.15) is 57.1 Å². The van der Waals surface area contributed by atoms with Crippen LogP contribution in [0.15, 0.2) is 96.6 Å². The lowest BCUT2D eigenvalue weighted by molar-refractivity contribution is 0.122. The Morgan fingerprint density at radius 3 is 1.66 bits per heavy atom. The van der Waals surface area contributed by atoms with E-state index in [1.54, 1.807) is 44.4 Å². The fourth-order valence-electron chi connectivity index (χ4n) is 9.01. The number of benzene rings is 2. The van der Waals surface area contributed by atoms with E-state index in [0.717, 1.165) is 100 Å². The molecule has 3 aliphatic heterocycles. The standard InChI is InChI=1S/C27H31FN6O2.C20H22FN5O.C7H12.ClH/c1-4-19-5-6-34(16-19)27(35)31-25-14-22(18(2)11-23(25)28)20-12-24(21-15-29-32(3)17-21)30-26(13-20)33-7-9-36-10-8-33;1-13-7-17(21)18(22)10-16(13)14-8-19(15-11-23-25(2)12-15)24-20(9-14)26-3-5-27-6-4-26;1-2-7-5-3-4-6-7;/h5,11-15,17H,4,6-10,16H2,1-3H3,(H,31,35);7-12H,3-6,22H2,1-2H3;5H,2-4,6H2,1H3;1H. The summed E-state index contributed by atoms with van der Waals surface area (Å²) in [6.45, 7) is 14.9. The van der Waals surface area contributed by atoms with E-state index >= 15 is 0 Å². The summed E-state index contributed by atoms with van der Waals surface area (Å²) in [4.78, 5) is 28.7. The number of allylic oxidation sites excluding steroid dienone is 2. The number of morpholine rings is 2. The van der Waals surface area contributed by atoms with Gasteiger partial charge in [-0.1, -0.05) is 37.1 Å². The maximum Gasteiger partial charge on any atom is 0.322 e. The van der Waals surface area contributed by atoms with Crippen molar-refractivity contribution in [1.82, 2.24) is 34.4 Å². The molecule has 2 amide bonds. The molecule has 0 radical (unpaired) electrons. The number of ether oxygens (including phenoxy) is 2. The van der Waals surface area contributed by atoms with Crippen molar-refractivity contribution in [3.05, 3.63) is 119 Å². The van der Waals surface area contributed by atoms with Crippen LogP contribution in [-0.4, -0.2) is 106 Å². The van der Waals surface area contributed by atoms with Gasteiger partial charge in [0.2, 0.25) is 0 Å². The van der Waals surface area contributed by atoms with Crippen molar-refractivity contribution >= 4 is 41.4 Å². The number of nitrogens with one attached hydrogen (secondary N) is 1. The molecule has 1 aliphatic carbocycles. The van der Waals surface area contributed by atoms with Crippen LogP contribution in [0.3, 0.4) is 0 Å². The molecule has 4 aliphatic rings.